The van der Waals surface area contributed by atoms with E-state index < -0.39 is 25.0 Å². The first-order valence-electron chi connectivity index (χ1n) is 13.2. The molecule has 202 valence electrons. The summed E-state index contributed by atoms with van der Waals surface area (Å²) in [5, 5.41) is 3.24. The second-order valence-electron chi connectivity index (χ2n) is 10.4. The Balaban J connectivity index is 1.54. The number of hydrogen-bond donors (Lipinski definition) is 2. The third-order valence-corrected chi connectivity index (χ3v) is 7.96. The average Bonchev–Trinajstić information content (AvgIpc) is 3.53. The molecule has 0 radical (unpaired) electrons. The molecule has 2 N–H and O–H groups in total. The fourth-order valence-corrected chi connectivity index (χ4v) is 5.81. The molecule has 12 heteroatoms. The van der Waals surface area contributed by atoms with Gasteiger partial charge in [0.1, 0.15) is 17.9 Å². The molecule has 2 aromatic heterocycles. The van der Waals surface area contributed by atoms with E-state index in [1.165, 1.54) is 12.8 Å². The highest BCUT2D eigenvalue weighted by molar-refractivity contribution is 6.30. The number of ether oxygens (including phenoxy) is 1. The van der Waals surface area contributed by atoms with Gasteiger partial charge < -0.3 is 19.0 Å². The number of carbonyl (C=O) groups is 1. The summed E-state index contributed by atoms with van der Waals surface area (Å²) in [6.45, 7) is 3.81. The standard InChI is InChI=1S/C26H31ClFN7O3/c1-15-5-7-16(8-6-15)13-35-21-20(17-3-2-4-18(27)11-17)29-23(24-32-26(36)38-33-24)30-22(21)31-25(35)34-9-10-37-14-19(34)12-28/h2-4,11,15-16,19,24,33H,5-10,12-14H2,1H3,(H,32,36)/t15?,16?,19-,24?/m1/s1. The predicted octanol–water partition coefficient (Wildman–Crippen LogP) is 4.39. The molecule has 1 amide bonds. The van der Waals surface area contributed by atoms with Crippen LogP contribution in [0.25, 0.3) is 22.4 Å². The van der Waals surface area contributed by atoms with Crippen molar-refractivity contribution in [1.29, 1.82) is 0 Å². The van der Waals surface area contributed by atoms with Crippen LogP contribution in [-0.2, 0) is 16.1 Å². The van der Waals surface area contributed by atoms with Crippen LogP contribution >= 0.6 is 11.6 Å². The molecule has 2 saturated heterocycles. The number of morpholine rings is 1. The summed E-state index contributed by atoms with van der Waals surface area (Å²) in [7, 11) is 0. The van der Waals surface area contributed by atoms with Crippen molar-refractivity contribution in [3.8, 4) is 11.3 Å². The number of anilines is 1. The van der Waals surface area contributed by atoms with Gasteiger partial charge in [-0.05, 0) is 36.8 Å². The molecule has 6 rings (SSSR count). The van der Waals surface area contributed by atoms with Gasteiger partial charge in [0.2, 0.25) is 5.95 Å². The predicted molar refractivity (Wildman–Crippen MR) is 140 cm³/mol. The topological polar surface area (TPSA) is 106 Å². The molecule has 1 aliphatic carbocycles. The van der Waals surface area contributed by atoms with Crippen molar-refractivity contribution in [1.82, 2.24) is 30.3 Å². The number of aromatic nitrogens is 4. The number of benzene rings is 1. The van der Waals surface area contributed by atoms with Gasteiger partial charge in [0.15, 0.2) is 17.6 Å². The van der Waals surface area contributed by atoms with Crippen molar-refractivity contribution in [3.63, 3.8) is 0 Å². The molecule has 10 nitrogen and oxygen atoms in total. The number of halogens is 2. The van der Waals surface area contributed by atoms with Crippen LogP contribution in [0.2, 0.25) is 5.02 Å². The highest BCUT2D eigenvalue weighted by Crippen LogP contribution is 2.36. The van der Waals surface area contributed by atoms with Crippen LogP contribution in [0.5, 0.6) is 0 Å². The maximum Gasteiger partial charge on any atom is 0.427 e. The van der Waals surface area contributed by atoms with Gasteiger partial charge in [-0.15, -0.1) is 5.48 Å². The maximum atomic E-state index is 14.1. The van der Waals surface area contributed by atoms with Crippen LogP contribution in [-0.4, -0.2) is 58.1 Å². The zero-order valence-electron chi connectivity index (χ0n) is 21.2. The maximum absolute atomic E-state index is 14.1. The highest BCUT2D eigenvalue weighted by atomic mass is 35.5. The largest absolute Gasteiger partial charge is 0.427 e. The summed E-state index contributed by atoms with van der Waals surface area (Å²) < 4.78 is 21.9. The van der Waals surface area contributed by atoms with E-state index in [1.54, 1.807) is 0 Å². The van der Waals surface area contributed by atoms with E-state index in [2.05, 4.69) is 22.3 Å². The molecule has 1 saturated carbocycles. The summed E-state index contributed by atoms with van der Waals surface area (Å²) >= 11 is 6.39. The molecule has 4 heterocycles. The Morgan fingerprint density at radius 3 is 2.76 bits per heavy atom. The van der Waals surface area contributed by atoms with Gasteiger partial charge in [0.25, 0.3) is 0 Å². The fraction of sp³-hybridized carbons (Fsp3) is 0.538. The van der Waals surface area contributed by atoms with Crippen LogP contribution in [0.3, 0.4) is 0 Å². The van der Waals surface area contributed by atoms with E-state index >= 15 is 0 Å². The lowest BCUT2D eigenvalue weighted by atomic mass is 9.83. The van der Waals surface area contributed by atoms with Gasteiger partial charge in [0, 0.05) is 23.7 Å². The summed E-state index contributed by atoms with van der Waals surface area (Å²) in [4.78, 5) is 33.2. The molecular weight excluding hydrogens is 513 g/mol. The number of carbonyl (C=O) groups excluding carboxylic acids is 1. The van der Waals surface area contributed by atoms with Crippen molar-refractivity contribution >= 4 is 34.8 Å². The third kappa shape index (κ3) is 4.90. The van der Waals surface area contributed by atoms with Crippen molar-refractivity contribution in [2.75, 3.05) is 31.3 Å². The van der Waals surface area contributed by atoms with Gasteiger partial charge in [-0.25, -0.2) is 19.2 Å². The number of nitrogens with one attached hydrogen (secondary N) is 2. The zero-order valence-corrected chi connectivity index (χ0v) is 22.0. The molecule has 3 aliphatic rings. The molecule has 0 spiro atoms. The molecular formula is C26H31ClFN7O3. The number of nitrogens with zero attached hydrogens (tertiary/aromatic N) is 5. The Kier molecular flexibility index (Phi) is 7.07. The first kappa shape index (κ1) is 25.3. The Morgan fingerprint density at radius 1 is 1.18 bits per heavy atom. The quantitative estimate of drug-likeness (QED) is 0.471. The van der Waals surface area contributed by atoms with Crippen LogP contribution < -0.4 is 15.7 Å². The smallest absolute Gasteiger partial charge is 0.377 e. The number of alkyl halides is 1. The highest BCUT2D eigenvalue weighted by Gasteiger charge is 2.33. The lowest BCUT2D eigenvalue weighted by Crippen LogP contribution is -2.48. The van der Waals surface area contributed by atoms with Gasteiger partial charge >= 0.3 is 6.09 Å². The van der Waals surface area contributed by atoms with Crippen molar-refractivity contribution in [2.45, 2.75) is 51.4 Å². The average molecular weight is 544 g/mol. The second kappa shape index (κ2) is 10.6. The van der Waals surface area contributed by atoms with Gasteiger partial charge in [-0.1, -0.05) is 43.5 Å². The Bertz CT molecular complexity index is 1330. The molecule has 2 atom stereocenters. The van der Waals surface area contributed by atoms with Crippen molar-refractivity contribution in [2.24, 2.45) is 11.8 Å². The fourth-order valence-electron chi connectivity index (χ4n) is 5.62. The summed E-state index contributed by atoms with van der Waals surface area (Å²) in [5.41, 5.74) is 5.30. The third-order valence-electron chi connectivity index (χ3n) is 7.73. The monoisotopic (exact) mass is 543 g/mol. The molecule has 3 aromatic rings. The molecule has 2 aliphatic heterocycles. The summed E-state index contributed by atoms with van der Waals surface area (Å²) in [5.74, 6) is 2.16. The van der Waals surface area contributed by atoms with Gasteiger partial charge in [-0.3, -0.25) is 5.32 Å². The molecule has 1 aromatic carbocycles. The number of hydrogen-bond acceptors (Lipinski definition) is 8. The molecule has 38 heavy (non-hydrogen) atoms. The summed E-state index contributed by atoms with van der Waals surface area (Å²) in [6, 6.07) is 7.03. The van der Waals surface area contributed by atoms with Crippen molar-refractivity contribution in [3.05, 3.63) is 35.1 Å². The van der Waals surface area contributed by atoms with Crippen LogP contribution in [0.4, 0.5) is 15.1 Å². The lowest BCUT2D eigenvalue weighted by Gasteiger charge is -2.36. The summed E-state index contributed by atoms with van der Waals surface area (Å²) in [6.07, 6.45) is 3.27. The first-order valence-corrected chi connectivity index (χ1v) is 13.5. The lowest BCUT2D eigenvalue weighted by molar-refractivity contribution is 0.0846. The van der Waals surface area contributed by atoms with Crippen LogP contribution in [0.15, 0.2) is 24.3 Å². The van der Waals surface area contributed by atoms with E-state index in [0.29, 0.717) is 53.8 Å². The number of hydroxylamine groups is 1. The van der Waals surface area contributed by atoms with E-state index in [1.807, 2.05) is 29.2 Å². The minimum absolute atomic E-state index is 0.300. The normalized spacial score (nSPS) is 26.0. The second-order valence-corrected chi connectivity index (χ2v) is 10.9. The Labute approximate surface area is 224 Å². The Hall–Kier alpha value is -3.02. The van der Waals surface area contributed by atoms with Crippen LogP contribution in [0.1, 0.15) is 44.6 Å². The SMILES string of the molecule is CC1CCC(Cn2c(N3CCOC[C@H]3CF)nc3nc(C4NOC(=O)N4)nc(-c4cccc(Cl)c4)c32)CC1. The molecule has 1 unspecified atom stereocenters. The van der Waals surface area contributed by atoms with E-state index in [9.17, 15) is 9.18 Å². The number of fused-ring (bicyclic) bond motifs is 1. The zero-order chi connectivity index (χ0) is 26.2. The molecule has 0 bridgehead atoms. The van der Waals surface area contributed by atoms with Crippen molar-refractivity contribution < 1.29 is 18.8 Å². The van der Waals surface area contributed by atoms with E-state index in [0.717, 1.165) is 36.4 Å². The number of imidazole rings is 1. The minimum Gasteiger partial charge on any atom is -0.377 e. The van der Waals surface area contributed by atoms with Gasteiger partial charge in [0.05, 0.1) is 19.3 Å². The van der Waals surface area contributed by atoms with E-state index in [-0.39, 0.29) is 0 Å². The molecule has 3 fully saturated rings. The first-order chi connectivity index (χ1) is 18.5. The number of rotatable bonds is 6. The van der Waals surface area contributed by atoms with E-state index in [4.69, 9.17) is 36.1 Å². The Morgan fingerprint density at radius 2 is 2.03 bits per heavy atom. The van der Waals surface area contributed by atoms with Crippen LogP contribution in [0, 0.1) is 11.8 Å². The number of amides is 1. The minimum atomic E-state index is -0.736. The van der Waals surface area contributed by atoms with Gasteiger partial charge in [-0.2, -0.15) is 4.98 Å².